The number of aryl methyl sites for hydroxylation is 1. The van der Waals surface area contributed by atoms with E-state index >= 15 is 0 Å². The van der Waals surface area contributed by atoms with Gasteiger partial charge in [-0.25, -0.2) is 0 Å². The first-order valence-corrected chi connectivity index (χ1v) is 15.3. The summed E-state index contributed by atoms with van der Waals surface area (Å²) in [4.78, 5) is 24.2. The van der Waals surface area contributed by atoms with Crippen molar-refractivity contribution in [3.63, 3.8) is 0 Å². The topological polar surface area (TPSA) is 52.6 Å². The van der Waals surface area contributed by atoms with E-state index in [0.29, 0.717) is 28.6 Å². The second-order valence-corrected chi connectivity index (χ2v) is 17.0. The maximum Gasteiger partial charge on any atom is 0.308 e. The molecule has 0 aliphatic heterocycles. The van der Waals surface area contributed by atoms with Crippen LogP contribution in [-0.4, -0.2) is 20.6 Å². The molecule has 0 amide bonds. The highest BCUT2D eigenvalue weighted by Gasteiger charge is 2.51. The lowest BCUT2D eigenvalue weighted by Crippen LogP contribution is -2.45. The molecule has 0 unspecified atom stereocenters. The van der Waals surface area contributed by atoms with Crippen LogP contribution in [0.25, 0.3) is 0 Å². The summed E-state index contributed by atoms with van der Waals surface area (Å²) in [6, 6.07) is 1.96. The number of hydrogen-bond acceptors (Lipinski definition) is 4. The first-order chi connectivity index (χ1) is 14.9. The van der Waals surface area contributed by atoms with E-state index in [2.05, 4.69) is 40.8 Å². The molecule has 4 atom stereocenters. The van der Waals surface area contributed by atoms with Crippen molar-refractivity contribution in [2.24, 2.45) is 17.3 Å². The lowest BCUT2D eigenvalue weighted by molar-refractivity contribution is -0.131. The van der Waals surface area contributed by atoms with Gasteiger partial charge in [0.15, 0.2) is 6.29 Å². The van der Waals surface area contributed by atoms with Gasteiger partial charge >= 0.3 is 5.97 Å². The van der Waals surface area contributed by atoms with Crippen LogP contribution in [-0.2, 0) is 11.2 Å². The minimum absolute atomic E-state index is 0.00212. The molecule has 0 heterocycles. The summed E-state index contributed by atoms with van der Waals surface area (Å²) in [5, 5.41) is 0.00212. The van der Waals surface area contributed by atoms with Crippen molar-refractivity contribution < 1.29 is 18.8 Å². The van der Waals surface area contributed by atoms with Crippen molar-refractivity contribution in [1.82, 2.24) is 0 Å². The molecule has 0 N–H and O–H groups in total. The number of aldehydes is 1. The van der Waals surface area contributed by atoms with Crippen LogP contribution in [0.5, 0.6) is 11.5 Å². The molecule has 1 aromatic carbocycles. The van der Waals surface area contributed by atoms with E-state index in [4.69, 9.17) is 9.16 Å². The second kappa shape index (κ2) is 8.00. The van der Waals surface area contributed by atoms with Crippen molar-refractivity contribution in [2.75, 3.05) is 0 Å². The zero-order valence-corrected chi connectivity index (χ0v) is 22.0. The molecule has 176 valence electrons. The molecule has 4 nitrogen and oxygen atoms in total. The van der Waals surface area contributed by atoms with Gasteiger partial charge in [-0.05, 0) is 91.5 Å². The third-order valence-electron chi connectivity index (χ3n) is 9.28. The molecule has 32 heavy (non-hydrogen) atoms. The molecular formula is C27H40O4Si. The maximum atomic E-state index is 12.4. The Morgan fingerprint density at radius 1 is 1.19 bits per heavy atom. The van der Waals surface area contributed by atoms with Crippen LogP contribution in [0.4, 0.5) is 0 Å². The van der Waals surface area contributed by atoms with Crippen molar-refractivity contribution in [3.8, 4) is 11.5 Å². The van der Waals surface area contributed by atoms with Crippen molar-refractivity contribution in [3.05, 3.63) is 22.8 Å². The van der Waals surface area contributed by atoms with Crippen LogP contribution < -0.4 is 9.16 Å². The van der Waals surface area contributed by atoms with Crippen molar-refractivity contribution in [2.45, 2.75) is 104 Å². The minimum atomic E-state index is -2.21. The highest BCUT2D eigenvalue weighted by Crippen LogP contribution is 2.62. The molecular weight excluding hydrogens is 416 g/mol. The van der Waals surface area contributed by atoms with E-state index in [1.807, 2.05) is 6.07 Å². The fourth-order valence-corrected chi connectivity index (χ4v) is 7.60. The molecule has 5 heteroatoms. The first-order valence-electron chi connectivity index (χ1n) is 12.4. The maximum absolute atomic E-state index is 12.4. The smallest absolute Gasteiger partial charge is 0.308 e. The quantitative estimate of drug-likeness (QED) is 0.211. The molecule has 2 fully saturated rings. The molecule has 0 aromatic heterocycles. The van der Waals surface area contributed by atoms with Gasteiger partial charge in [-0.2, -0.15) is 0 Å². The normalized spacial score (nSPS) is 29.5. The van der Waals surface area contributed by atoms with Crippen molar-refractivity contribution in [1.29, 1.82) is 0 Å². The number of benzene rings is 1. The van der Waals surface area contributed by atoms with Gasteiger partial charge in [-0.15, -0.1) is 0 Å². The number of carbonyl (C=O) groups excluding carboxylic acids is 2. The third kappa shape index (κ3) is 3.84. The molecule has 0 radical (unpaired) electrons. The van der Waals surface area contributed by atoms with Gasteiger partial charge in [0, 0.05) is 12.5 Å². The summed E-state index contributed by atoms with van der Waals surface area (Å²) in [5.41, 5.74) is 3.36. The van der Waals surface area contributed by atoms with E-state index in [0.717, 1.165) is 30.8 Å². The number of rotatable bonds is 4. The average molecular weight is 457 g/mol. The Hall–Kier alpha value is -1.62. The van der Waals surface area contributed by atoms with Crippen LogP contribution in [0.1, 0.15) is 101 Å². The molecule has 0 bridgehead atoms. The Morgan fingerprint density at radius 3 is 2.53 bits per heavy atom. The standard InChI is InChI=1S/C27H40O4Si/c1-17(29)30-23-15-18-10-11-19-20(12-14-27(5)13-8-9-22(19)27)24(18)25(21(23)16-28)31-32(6,7)26(2,3)4/h15-16,19-20,22H,8-14H2,1-7H3/t19-,20+,22+,27+/m1/s1. The van der Waals surface area contributed by atoms with Gasteiger partial charge in [0.1, 0.15) is 11.5 Å². The van der Waals surface area contributed by atoms with E-state index in [-0.39, 0.29) is 5.04 Å². The number of fused-ring (bicyclic) bond motifs is 5. The SMILES string of the molecule is CC(=O)Oc1cc2c(c(O[Si](C)(C)C(C)(C)C)c1C=O)[C@H]1CC[C@]3(C)CCC[C@H]3[C@@H]1CC2. The summed E-state index contributed by atoms with van der Waals surface area (Å²) in [7, 11) is -2.21. The highest BCUT2D eigenvalue weighted by molar-refractivity contribution is 6.74. The van der Waals surface area contributed by atoms with E-state index in [9.17, 15) is 9.59 Å². The zero-order chi connectivity index (χ0) is 23.5. The van der Waals surface area contributed by atoms with Crippen LogP contribution in [0.2, 0.25) is 18.1 Å². The van der Waals surface area contributed by atoms with Gasteiger partial charge in [-0.1, -0.05) is 34.1 Å². The van der Waals surface area contributed by atoms with Gasteiger partial charge in [-0.3, -0.25) is 9.59 Å². The molecule has 4 rings (SSSR count). The highest BCUT2D eigenvalue weighted by atomic mass is 28.4. The first kappa shape index (κ1) is 23.5. The summed E-state index contributed by atoms with van der Waals surface area (Å²) in [5.74, 6) is 2.53. The van der Waals surface area contributed by atoms with Gasteiger partial charge in [0.05, 0.1) is 5.56 Å². The molecule has 0 saturated heterocycles. The monoisotopic (exact) mass is 456 g/mol. The summed E-state index contributed by atoms with van der Waals surface area (Å²) in [6.07, 6.45) is 9.41. The summed E-state index contributed by atoms with van der Waals surface area (Å²) >= 11 is 0. The Balaban J connectivity index is 1.87. The van der Waals surface area contributed by atoms with E-state index in [1.54, 1.807) is 0 Å². The lowest BCUT2D eigenvalue weighted by Gasteiger charge is -2.50. The van der Waals surface area contributed by atoms with Crippen LogP contribution in [0, 0.1) is 17.3 Å². The molecule has 2 saturated carbocycles. The Kier molecular flexibility index (Phi) is 5.88. The Morgan fingerprint density at radius 2 is 1.91 bits per heavy atom. The van der Waals surface area contributed by atoms with Crippen LogP contribution in [0.3, 0.4) is 0 Å². The predicted molar refractivity (Wildman–Crippen MR) is 130 cm³/mol. The molecule has 3 aliphatic carbocycles. The van der Waals surface area contributed by atoms with E-state index in [1.165, 1.54) is 50.2 Å². The fourth-order valence-electron chi connectivity index (χ4n) is 6.56. The van der Waals surface area contributed by atoms with Crippen LogP contribution >= 0.6 is 0 Å². The van der Waals surface area contributed by atoms with Gasteiger partial charge in [0.2, 0.25) is 0 Å². The average Bonchev–Trinajstić information content (AvgIpc) is 3.08. The zero-order valence-electron chi connectivity index (χ0n) is 21.0. The number of esters is 1. The Labute approximate surface area is 194 Å². The lowest BCUT2D eigenvalue weighted by atomic mass is 9.55. The summed E-state index contributed by atoms with van der Waals surface area (Å²) in [6.45, 7) is 15.0. The largest absolute Gasteiger partial charge is 0.543 e. The second-order valence-electron chi connectivity index (χ2n) is 12.3. The van der Waals surface area contributed by atoms with E-state index < -0.39 is 14.3 Å². The predicted octanol–water partition coefficient (Wildman–Crippen LogP) is 7.05. The van der Waals surface area contributed by atoms with Crippen LogP contribution in [0.15, 0.2) is 6.07 Å². The number of hydrogen-bond donors (Lipinski definition) is 0. The van der Waals surface area contributed by atoms with Gasteiger partial charge < -0.3 is 9.16 Å². The Bertz CT molecular complexity index is 929. The molecule has 0 spiro atoms. The fraction of sp³-hybridized carbons (Fsp3) is 0.704. The number of ether oxygens (including phenoxy) is 1. The third-order valence-corrected chi connectivity index (χ3v) is 13.6. The molecule has 1 aromatic rings. The molecule has 3 aliphatic rings. The van der Waals surface area contributed by atoms with Gasteiger partial charge in [0.25, 0.3) is 8.32 Å². The number of carbonyl (C=O) groups is 2. The van der Waals surface area contributed by atoms with Crippen molar-refractivity contribution >= 4 is 20.6 Å². The summed E-state index contributed by atoms with van der Waals surface area (Å²) < 4.78 is 12.4. The minimum Gasteiger partial charge on any atom is -0.543 e.